The predicted octanol–water partition coefficient (Wildman–Crippen LogP) is 3.04. The van der Waals surface area contributed by atoms with Crippen LogP contribution in [0.15, 0.2) is 48.7 Å². The van der Waals surface area contributed by atoms with Gasteiger partial charge in [-0.2, -0.15) is 0 Å². The normalized spacial score (nSPS) is 10.1. The molecule has 0 radical (unpaired) electrons. The van der Waals surface area contributed by atoms with Crippen LogP contribution in [0.25, 0.3) is 0 Å². The first-order valence-electron chi connectivity index (χ1n) is 5.55. The first kappa shape index (κ1) is 10.7. The second kappa shape index (κ2) is 5.31. The fourth-order valence-corrected chi connectivity index (χ4v) is 1.64. The number of benzene rings is 1. The zero-order chi connectivity index (χ0) is 11.2. The lowest BCUT2D eigenvalue weighted by atomic mass is 10.2. The highest BCUT2D eigenvalue weighted by molar-refractivity contribution is 5.45. The Morgan fingerprint density at radius 3 is 2.81 bits per heavy atom. The van der Waals surface area contributed by atoms with Gasteiger partial charge in [-0.05, 0) is 36.8 Å². The fourth-order valence-electron chi connectivity index (χ4n) is 1.64. The van der Waals surface area contributed by atoms with E-state index in [0.717, 1.165) is 18.7 Å². The van der Waals surface area contributed by atoms with Gasteiger partial charge >= 0.3 is 0 Å². The molecule has 2 heteroatoms. The summed E-state index contributed by atoms with van der Waals surface area (Å²) in [5.41, 5.74) is 3.58. The number of nitrogens with one attached hydrogen (secondary N) is 1. The van der Waals surface area contributed by atoms with E-state index in [0.29, 0.717) is 0 Å². The van der Waals surface area contributed by atoms with Crippen LogP contribution in [0.4, 0.5) is 5.69 Å². The largest absolute Gasteiger partial charge is 0.385 e. The van der Waals surface area contributed by atoms with Crippen molar-refractivity contribution in [1.29, 1.82) is 0 Å². The van der Waals surface area contributed by atoms with Crippen molar-refractivity contribution < 1.29 is 0 Å². The van der Waals surface area contributed by atoms with E-state index in [1.807, 2.05) is 18.3 Å². The predicted molar refractivity (Wildman–Crippen MR) is 67.6 cm³/mol. The third-order valence-corrected chi connectivity index (χ3v) is 2.45. The molecular weight excluding hydrogens is 196 g/mol. The third-order valence-electron chi connectivity index (χ3n) is 2.45. The molecule has 1 heterocycles. The molecular formula is C14H16N2. The molecule has 0 aliphatic rings. The van der Waals surface area contributed by atoms with Crippen LogP contribution in [-0.2, 0) is 6.42 Å². The number of aryl methyl sites for hydroxylation is 1. The molecule has 1 N–H and O–H groups in total. The molecule has 0 fully saturated rings. The van der Waals surface area contributed by atoms with E-state index < -0.39 is 0 Å². The molecule has 2 aromatic rings. The Balaban J connectivity index is 1.85. The van der Waals surface area contributed by atoms with Gasteiger partial charge in [0.15, 0.2) is 0 Å². The maximum absolute atomic E-state index is 4.29. The number of pyridine rings is 1. The minimum atomic E-state index is 0.917. The van der Waals surface area contributed by atoms with Crippen LogP contribution in [0, 0.1) is 6.92 Å². The molecule has 0 amide bonds. The number of hydrogen-bond acceptors (Lipinski definition) is 2. The van der Waals surface area contributed by atoms with E-state index in [1.165, 1.54) is 11.3 Å². The standard InChI is InChI=1S/C14H16N2/c1-12-5-4-7-14(11-12)16-10-8-13-6-2-3-9-15-13/h2-7,9,11,16H,8,10H2,1H3. The highest BCUT2D eigenvalue weighted by Gasteiger charge is 1.94. The van der Waals surface area contributed by atoms with Crippen LogP contribution in [0.3, 0.4) is 0 Å². The van der Waals surface area contributed by atoms with Crippen molar-refractivity contribution in [3.8, 4) is 0 Å². The van der Waals surface area contributed by atoms with Gasteiger partial charge in [-0.25, -0.2) is 0 Å². The second-order valence-electron chi connectivity index (χ2n) is 3.87. The van der Waals surface area contributed by atoms with Gasteiger partial charge in [0, 0.05) is 30.5 Å². The summed E-state index contributed by atoms with van der Waals surface area (Å²) in [6.07, 6.45) is 2.79. The smallest absolute Gasteiger partial charge is 0.0421 e. The Morgan fingerprint density at radius 1 is 1.12 bits per heavy atom. The Hall–Kier alpha value is -1.83. The molecule has 0 unspecified atom stereocenters. The van der Waals surface area contributed by atoms with E-state index in [-0.39, 0.29) is 0 Å². The highest BCUT2D eigenvalue weighted by atomic mass is 14.9. The Bertz CT molecular complexity index is 437. The summed E-state index contributed by atoms with van der Waals surface area (Å²) in [7, 11) is 0. The highest BCUT2D eigenvalue weighted by Crippen LogP contribution is 2.09. The van der Waals surface area contributed by atoms with Crippen LogP contribution in [-0.4, -0.2) is 11.5 Å². The molecule has 0 aliphatic carbocycles. The molecule has 1 aromatic heterocycles. The first-order chi connectivity index (χ1) is 7.84. The second-order valence-corrected chi connectivity index (χ2v) is 3.87. The van der Waals surface area contributed by atoms with Crippen LogP contribution in [0.5, 0.6) is 0 Å². The van der Waals surface area contributed by atoms with Crippen molar-refractivity contribution >= 4 is 5.69 Å². The summed E-state index contributed by atoms with van der Waals surface area (Å²) in [6, 6.07) is 14.4. The molecule has 0 atom stereocenters. The Labute approximate surface area is 96.4 Å². The number of anilines is 1. The van der Waals surface area contributed by atoms with Crippen LogP contribution < -0.4 is 5.32 Å². The lowest BCUT2D eigenvalue weighted by Crippen LogP contribution is -2.05. The van der Waals surface area contributed by atoms with E-state index in [1.54, 1.807) is 0 Å². The molecule has 0 bridgehead atoms. The molecule has 2 rings (SSSR count). The maximum Gasteiger partial charge on any atom is 0.0421 e. The number of aromatic nitrogens is 1. The maximum atomic E-state index is 4.29. The summed E-state index contributed by atoms with van der Waals surface area (Å²) < 4.78 is 0. The summed E-state index contributed by atoms with van der Waals surface area (Å²) >= 11 is 0. The fraction of sp³-hybridized carbons (Fsp3) is 0.214. The average Bonchev–Trinajstić information content (AvgIpc) is 2.30. The van der Waals surface area contributed by atoms with Crippen molar-refractivity contribution in [2.24, 2.45) is 0 Å². The minimum absolute atomic E-state index is 0.917. The van der Waals surface area contributed by atoms with E-state index >= 15 is 0 Å². The molecule has 16 heavy (non-hydrogen) atoms. The molecule has 82 valence electrons. The summed E-state index contributed by atoms with van der Waals surface area (Å²) in [5, 5.41) is 3.39. The Kier molecular flexibility index (Phi) is 3.54. The zero-order valence-corrected chi connectivity index (χ0v) is 9.48. The number of rotatable bonds is 4. The molecule has 0 saturated heterocycles. The van der Waals surface area contributed by atoms with E-state index in [4.69, 9.17) is 0 Å². The SMILES string of the molecule is Cc1cccc(NCCc2ccccn2)c1. The topological polar surface area (TPSA) is 24.9 Å². The van der Waals surface area contributed by atoms with Gasteiger partial charge in [0.05, 0.1) is 0 Å². The first-order valence-corrected chi connectivity index (χ1v) is 5.55. The lowest BCUT2D eigenvalue weighted by Gasteiger charge is -2.06. The van der Waals surface area contributed by atoms with Crippen LogP contribution in [0.1, 0.15) is 11.3 Å². The minimum Gasteiger partial charge on any atom is -0.385 e. The number of nitrogens with zero attached hydrogens (tertiary/aromatic N) is 1. The van der Waals surface area contributed by atoms with E-state index in [9.17, 15) is 0 Å². The van der Waals surface area contributed by atoms with Crippen molar-refractivity contribution in [2.45, 2.75) is 13.3 Å². The molecule has 0 saturated carbocycles. The Morgan fingerprint density at radius 2 is 2.06 bits per heavy atom. The van der Waals surface area contributed by atoms with Crippen molar-refractivity contribution in [1.82, 2.24) is 4.98 Å². The van der Waals surface area contributed by atoms with Gasteiger partial charge in [-0.15, -0.1) is 0 Å². The third kappa shape index (κ3) is 3.09. The van der Waals surface area contributed by atoms with Gasteiger partial charge in [0.25, 0.3) is 0 Å². The molecule has 0 spiro atoms. The van der Waals surface area contributed by atoms with Gasteiger partial charge in [-0.1, -0.05) is 18.2 Å². The van der Waals surface area contributed by atoms with Crippen molar-refractivity contribution in [3.63, 3.8) is 0 Å². The monoisotopic (exact) mass is 212 g/mol. The van der Waals surface area contributed by atoms with Crippen molar-refractivity contribution in [2.75, 3.05) is 11.9 Å². The zero-order valence-electron chi connectivity index (χ0n) is 9.48. The van der Waals surface area contributed by atoms with Gasteiger partial charge in [-0.3, -0.25) is 4.98 Å². The van der Waals surface area contributed by atoms with Crippen LogP contribution >= 0.6 is 0 Å². The average molecular weight is 212 g/mol. The molecule has 1 aromatic carbocycles. The van der Waals surface area contributed by atoms with Gasteiger partial charge < -0.3 is 5.32 Å². The van der Waals surface area contributed by atoms with Gasteiger partial charge in [0.2, 0.25) is 0 Å². The quantitative estimate of drug-likeness (QED) is 0.842. The number of hydrogen-bond donors (Lipinski definition) is 1. The van der Waals surface area contributed by atoms with Crippen molar-refractivity contribution in [3.05, 3.63) is 59.9 Å². The van der Waals surface area contributed by atoms with E-state index in [2.05, 4.69) is 47.6 Å². The summed E-state index contributed by atoms with van der Waals surface area (Å²) in [6.45, 7) is 3.02. The molecule has 2 nitrogen and oxygen atoms in total. The molecule has 0 aliphatic heterocycles. The lowest BCUT2D eigenvalue weighted by molar-refractivity contribution is 0.961. The van der Waals surface area contributed by atoms with Gasteiger partial charge in [0.1, 0.15) is 0 Å². The van der Waals surface area contributed by atoms with Crippen LogP contribution in [0.2, 0.25) is 0 Å². The summed E-state index contributed by atoms with van der Waals surface area (Å²) in [5.74, 6) is 0. The summed E-state index contributed by atoms with van der Waals surface area (Å²) in [4.78, 5) is 4.29.